The minimum atomic E-state index is -5.33. The van der Waals surface area contributed by atoms with Crippen LogP contribution in [-0.2, 0) is 19.4 Å². The SMILES string of the molecule is COC(=O)c1cc(F)cc(S(=O)(=O)CC(=O)C(F)(F)F)c1. The first kappa shape index (κ1) is 17.1. The Hall–Kier alpha value is -1.97. The molecule has 0 heterocycles. The third kappa shape index (κ3) is 4.25. The van der Waals surface area contributed by atoms with Gasteiger partial charge in [-0.1, -0.05) is 0 Å². The van der Waals surface area contributed by atoms with Gasteiger partial charge < -0.3 is 4.74 Å². The van der Waals surface area contributed by atoms with Gasteiger partial charge >= 0.3 is 12.1 Å². The molecule has 0 aliphatic heterocycles. The van der Waals surface area contributed by atoms with Crippen LogP contribution in [0.3, 0.4) is 0 Å². The van der Waals surface area contributed by atoms with E-state index in [2.05, 4.69) is 4.74 Å². The quantitative estimate of drug-likeness (QED) is 0.618. The number of carbonyl (C=O) groups excluding carboxylic acids is 2. The van der Waals surface area contributed by atoms with Crippen LogP contribution in [-0.4, -0.2) is 39.2 Å². The van der Waals surface area contributed by atoms with Crippen molar-refractivity contribution in [1.29, 1.82) is 0 Å². The van der Waals surface area contributed by atoms with Crippen LogP contribution >= 0.6 is 0 Å². The Bertz CT molecular complexity index is 678. The lowest BCUT2D eigenvalue weighted by molar-refractivity contribution is -0.168. The van der Waals surface area contributed by atoms with Crippen molar-refractivity contribution < 1.29 is 40.3 Å². The van der Waals surface area contributed by atoms with E-state index >= 15 is 0 Å². The molecule has 116 valence electrons. The average Bonchev–Trinajstić information content (AvgIpc) is 2.35. The second kappa shape index (κ2) is 5.80. The summed E-state index contributed by atoms with van der Waals surface area (Å²) in [6.45, 7) is 0. The molecule has 0 fully saturated rings. The standard InChI is InChI=1S/C11H8F4O5S/c1-20-10(17)6-2-7(12)4-8(3-6)21(18,19)5-9(16)11(13,14)15/h2-4H,5H2,1H3. The van der Waals surface area contributed by atoms with Crippen molar-refractivity contribution in [3.63, 3.8) is 0 Å². The lowest BCUT2D eigenvalue weighted by Crippen LogP contribution is -2.30. The topological polar surface area (TPSA) is 77.5 Å². The van der Waals surface area contributed by atoms with Crippen LogP contribution in [0.4, 0.5) is 17.6 Å². The summed E-state index contributed by atoms with van der Waals surface area (Å²) in [5.74, 6) is -6.61. The Balaban J connectivity index is 3.23. The maximum atomic E-state index is 13.2. The zero-order chi connectivity index (χ0) is 16.4. The number of alkyl halides is 3. The fourth-order valence-electron chi connectivity index (χ4n) is 1.32. The van der Waals surface area contributed by atoms with Gasteiger partial charge in [-0.3, -0.25) is 4.79 Å². The molecule has 0 unspecified atom stereocenters. The first-order valence-electron chi connectivity index (χ1n) is 5.19. The maximum absolute atomic E-state index is 13.2. The van der Waals surface area contributed by atoms with Gasteiger partial charge in [0.25, 0.3) is 5.78 Å². The molecule has 5 nitrogen and oxygen atoms in total. The van der Waals surface area contributed by atoms with Crippen molar-refractivity contribution in [3.05, 3.63) is 29.6 Å². The van der Waals surface area contributed by atoms with Gasteiger partial charge in [0.2, 0.25) is 0 Å². The number of carbonyl (C=O) groups is 2. The number of rotatable bonds is 4. The number of Topliss-reactive ketones (excluding diaryl/α,β-unsaturated/α-hetero) is 1. The van der Waals surface area contributed by atoms with Gasteiger partial charge in [0.15, 0.2) is 9.84 Å². The lowest BCUT2D eigenvalue weighted by Gasteiger charge is -2.08. The number of ether oxygens (including phenoxy) is 1. The molecule has 0 bridgehead atoms. The molecule has 0 N–H and O–H groups in total. The molecular formula is C11H8F4O5S. The van der Waals surface area contributed by atoms with Crippen molar-refractivity contribution in [2.75, 3.05) is 12.9 Å². The average molecular weight is 328 g/mol. The zero-order valence-electron chi connectivity index (χ0n) is 10.4. The van der Waals surface area contributed by atoms with E-state index in [9.17, 15) is 35.6 Å². The van der Waals surface area contributed by atoms with Gasteiger partial charge in [0, 0.05) is 0 Å². The van der Waals surface area contributed by atoms with E-state index in [-0.39, 0.29) is 0 Å². The molecule has 10 heteroatoms. The van der Waals surface area contributed by atoms with Crippen LogP contribution in [0.25, 0.3) is 0 Å². The molecule has 1 aromatic rings. The van der Waals surface area contributed by atoms with Crippen molar-refractivity contribution >= 4 is 21.6 Å². The highest BCUT2D eigenvalue weighted by atomic mass is 32.2. The molecule has 21 heavy (non-hydrogen) atoms. The van der Waals surface area contributed by atoms with Gasteiger partial charge in [0.05, 0.1) is 17.6 Å². The maximum Gasteiger partial charge on any atom is 0.451 e. The van der Waals surface area contributed by atoms with E-state index in [1.165, 1.54) is 0 Å². The number of esters is 1. The van der Waals surface area contributed by atoms with Crippen molar-refractivity contribution in [2.24, 2.45) is 0 Å². The fourth-order valence-corrected chi connectivity index (χ4v) is 2.59. The number of benzene rings is 1. The predicted octanol–water partition coefficient (Wildman–Crippen LogP) is 1.52. The summed E-state index contributed by atoms with van der Waals surface area (Å²) < 4.78 is 77.0. The van der Waals surface area contributed by atoms with Crippen LogP contribution in [0.15, 0.2) is 23.1 Å². The van der Waals surface area contributed by atoms with Crippen molar-refractivity contribution in [3.8, 4) is 0 Å². The molecule has 0 aliphatic rings. The number of halogens is 4. The summed E-state index contributed by atoms with van der Waals surface area (Å²) >= 11 is 0. The van der Waals surface area contributed by atoms with E-state index in [0.717, 1.165) is 7.11 Å². The molecule has 0 aromatic heterocycles. The molecule has 0 amide bonds. The Morgan fingerprint density at radius 1 is 1.19 bits per heavy atom. The second-order valence-corrected chi connectivity index (χ2v) is 5.84. The Morgan fingerprint density at radius 2 is 1.76 bits per heavy atom. The largest absolute Gasteiger partial charge is 0.465 e. The monoisotopic (exact) mass is 328 g/mol. The minimum Gasteiger partial charge on any atom is -0.465 e. The summed E-state index contributed by atoms with van der Waals surface area (Å²) in [6.07, 6.45) is -5.33. The van der Waals surface area contributed by atoms with E-state index in [0.29, 0.717) is 18.2 Å². The molecule has 1 aromatic carbocycles. The predicted molar refractivity (Wildman–Crippen MR) is 60.9 cm³/mol. The zero-order valence-corrected chi connectivity index (χ0v) is 11.2. The van der Waals surface area contributed by atoms with Crippen molar-refractivity contribution in [2.45, 2.75) is 11.1 Å². The van der Waals surface area contributed by atoms with E-state index in [1.807, 2.05) is 0 Å². The number of hydrogen-bond donors (Lipinski definition) is 0. The summed E-state index contributed by atoms with van der Waals surface area (Å²) in [4.78, 5) is 21.0. The first-order chi connectivity index (χ1) is 9.47. The number of sulfone groups is 1. The summed E-state index contributed by atoms with van der Waals surface area (Å²) in [5.41, 5.74) is -0.504. The number of hydrogen-bond acceptors (Lipinski definition) is 5. The van der Waals surface area contributed by atoms with E-state index < -0.39 is 49.8 Å². The molecule has 0 saturated heterocycles. The molecular weight excluding hydrogens is 320 g/mol. The molecule has 0 saturated carbocycles. The molecule has 0 atom stereocenters. The minimum absolute atomic E-state index is 0.408. The van der Waals surface area contributed by atoms with Crippen molar-refractivity contribution in [1.82, 2.24) is 0 Å². The smallest absolute Gasteiger partial charge is 0.451 e. The third-order valence-corrected chi connectivity index (χ3v) is 3.88. The first-order valence-corrected chi connectivity index (χ1v) is 6.84. The highest BCUT2D eigenvalue weighted by molar-refractivity contribution is 7.92. The van der Waals surface area contributed by atoms with Gasteiger partial charge in [-0.05, 0) is 18.2 Å². The van der Waals surface area contributed by atoms with Gasteiger partial charge in [-0.2, -0.15) is 13.2 Å². The summed E-state index contributed by atoms with van der Waals surface area (Å²) in [7, 11) is -3.79. The van der Waals surface area contributed by atoms with E-state index in [4.69, 9.17) is 0 Å². The normalized spacial score (nSPS) is 12.0. The third-order valence-electron chi connectivity index (χ3n) is 2.29. The summed E-state index contributed by atoms with van der Waals surface area (Å²) in [6, 6.07) is 1.69. The van der Waals surface area contributed by atoms with Gasteiger partial charge in [0.1, 0.15) is 11.6 Å². The fraction of sp³-hybridized carbons (Fsp3) is 0.273. The van der Waals surface area contributed by atoms with E-state index in [1.54, 1.807) is 0 Å². The van der Waals surface area contributed by atoms with Crippen LogP contribution in [0.2, 0.25) is 0 Å². The molecule has 1 rings (SSSR count). The number of ketones is 1. The highest BCUT2D eigenvalue weighted by Gasteiger charge is 2.41. The number of methoxy groups -OCH3 is 1. The molecule has 0 radical (unpaired) electrons. The highest BCUT2D eigenvalue weighted by Crippen LogP contribution is 2.21. The Morgan fingerprint density at radius 3 is 2.24 bits per heavy atom. The van der Waals surface area contributed by atoms with Crippen LogP contribution in [0, 0.1) is 5.82 Å². The van der Waals surface area contributed by atoms with Gasteiger partial charge in [-0.25, -0.2) is 17.6 Å². The Kier molecular flexibility index (Phi) is 4.72. The van der Waals surface area contributed by atoms with Crippen LogP contribution in [0.5, 0.6) is 0 Å². The summed E-state index contributed by atoms with van der Waals surface area (Å²) in [5, 5.41) is 0. The lowest BCUT2D eigenvalue weighted by atomic mass is 10.2. The van der Waals surface area contributed by atoms with Gasteiger partial charge in [-0.15, -0.1) is 0 Å². The molecule has 0 spiro atoms. The molecule has 0 aliphatic carbocycles. The van der Waals surface area contributed by atoms with Crippen LogP contribution in [0.1, 0.15) is 10.4 Å². The van der Waals surface area contributed by atoms with Crippen LogP contribution < -0.4 is 0 Å². The Labute approximate surface area is 116 Å². The second-order valence-electron chi connectivity index (χ2n) is 3.85.